The molecule has 504 valence electrons. The van der Waals surface area contributed by atoms with Gasteiger partial charge in [-0.15, -0.1) is 0 Å². The highest BCUT2D eigenvalue weighted by molar-refractivity contribution is 6.32. The van der Waals surface area contributed by atoms with Crippen LogP contribution in [-0.2, 0) is 0 Å². The predicted octanol–water partition coefficient (Wildman–Crippen LogP) is 28.3. The van der Waals surface area contributed by atoms with Gasteiger partial charge < -0.3 is 29.4 Å². The number of rotatable bonds is 17. The van der Waals surface area contributed by atoms with Gasteiger partial charge in [-0.3, -0.25) is 0 Å². The number of anilines is 16. The van der Waals surface area contributed by atoms with E-state index >= 15 is 0 Å². The fraction of sp³-hybridized carbons (Fsp3) is 0.0200. The lowest BCUT2D eigenvalue weighted by atomic mass is 9.87. The lowest BCUT2D eigenvalue weighted by Gasteiger charge is -2.31. The highest BCUT2D eigenvalue weighted by atomic mass is 15.2. The van der Waals surface area contributed by atoms with E-state index in [1.807, 2.05) is 0 Å². The Morgan fingerprint density at radius 3 is 0.698 bits per heavy atom. The van der Waals surface area contributed by atoms with Crippen molar-refractivity contribution in [3.8, 4) is 11.1 Å². The quantitative estimate of drug-likeness (QED) is 0.0841. The molecule has 0 aliphatic heterocycles. The van der Waals surface area contributed by atoms with Crippen LogP contribution in [0.1, 0.15) is 0 Å². The van der Waals surface area contributed by atoms with E-state index < -0.39 is 0 Å². The van der Waals surface area contributed by atoms with E-state index in [0.717, 1.165) is 90.9 Å². The van der Waals surface area contributed by atoms with Gasteiger partial charge in [0.1, 0.15) is 0 Å². The van der Waals surface area contributed by atoms with E-state index in [-0.39, 0.29) is 0 Å². The van der Waals surface area contributed by atoms with Gasteiger partial charge in [-0.2, -0.15) is 0 Å². The topological polar surface area (TPSA) is 19.4 Å². The SMILES string of the molecule is CN(C)c1cc(N(c2ccccc2)c2ccccc2)c2ccc3ccc(N(c4ccccc4)c4ccccc4)c4ccc1c2c34.c1ccc(N(c2ccccc2)c2ccc(-c3cc(N(c4ccccc4)c4ccccc4)c4ccc5ccc(N(c6ccccc6)c6ccccc6)c6ccc3c4c56)cc2)cc1. The Morgan fingerprint density at radius 2 is 0.387 bits per heavy atom. The van der Waals surface area contributed by atoms with Crippen molar-refractivity contribution in [3.63, 3.8) is 0 Å². The minimum absolute atomic E-state index is 1.10. The molecule has 6 nitrogen and oxygen atoms in total. The van der Waals surface area contributed by atoms with Crippen molar-refractivity contribution in [2.75, 3.05) is 43.5 Å². The second-order valence-corrected chi connectivity index (χ2v) is 27.0. The number of hydrogen-bond acceptors (Lipinski definition) is 6. The van der Waals surface area contributed by atoms with Gasteiger partial charge in [0.15, 0.2) is 0 Å². The third-order valence-electron chi connectivity index (χ3n) is 20.5. The first-order valence-electron chi connectivity index (χ1n) is 36.3. The van der Waals surface area contributed by atoms with Gasteiger partial charge in [0, 0.05) is 120 Å². The van der Waals surface area contributed by atoms with Gasteiger partial charge in [-0.1, -0.05) is 255 Å². The van der Waals surface area contributed by atoms with Crippen molar-refractivity contribution < 1.29 is 0 Å². The predicted molar refractivity (Wildman–Crippen MR) is 453 cm³/mol. The van der Waals surface area contributed by atoms with Crippen LogP contribution in [0.15, 0.2) is 413 Å². The summed E-state index contributed by atoms with van der Waals surface area (Å²) in [5.74, 6) is 0. The molecular formula is C100H74N6. The van der Waals surface area contributed by atoms with Crippen molar-refractivity contribution in [2.45, 2.75) is 0 Å². The lowest BCUT2D eigenvalue weighted by Crippen LogP contribution is -2.14. The summed E-state index contributed by atoms with van der Waals surface area (Å²) in [7, 11) is 4.28. The zero-order chi connectivity index (χ0) is 70.9. The normalized spacial score (nSPS) is 11.3. The number of para-hydroxylation sites is 10. The highest BCUT2D eigenvalue weighted by Gasteiger charge is 2.27. The van der Waals surface area contributed by atoms with Gasteiger partial charge in [-0.05, 0) is 196 Å². The molecule has 0 heterocycles. The maximum Gasteiger partial charge on any atom is 0.0561 e. The van der Waals surface area contributed by atoms with Crippen molar-refractivity contribution in [2.24, 2.45) is 0 Å². The summed E-state index contributed by atoms with van der Waals surface area (Å²) in [6, 6.07) is 148. The first-order valence-corrected chi connectivity index (χ1v) is 36.3. The molecule has 0 fully saturated rings. The molecule has 0 spiro atoms. The average molecular weight is 1360 g/mol. The van der Waals surface area contributed by atoms with Crippen molar-refractivity contribution in [3.05, 3.63) is 413 Å². The minimum atomic E-state index is 1.10. The Morgan fingerprint density at radius 1 is 0.160 bits per heavy atom. The fourth-order valence-corrected chi connectivity index (χ4v) is 15.8. The molecular weight excluding hydrogens is 1290 g/mol. The zero-order valence-corrected chi connectivity index (χ0v) is 58.9. The van der Waals surface area contributed by atoms with Crippen LogP contribution in [0.3, 0.4) is 0 Å². The monoisotopic (exact) mass is 1360 g/mol. The molecule has 0 unspecified atom stereocenters. The third-order valence-corrected chi connectivity index (χ3v) is 20.5. The molecule has 0 bridgehead atoms. The van der Waals surface area contributed by atoms with Gasteiger partial charge in [0.25, 0.3) is 0 Å². The van der Waals surface area contributed by atoms with Gasteiger partial charge >= 0.3 is 0 Å². The van der Waals surface area contributed by atoms with E-state index in [0.29, 0.717) is 0 Å². The molecule has 0 aliphatic rings. The van der Waals surface area contributed by atoms with E-state index in [4.69, 9.17) is 0 Å². The summed E-state index contributed by atoms with van der Waals surface area (Å²) in [4.78, 5) is 14.1. The molecule has 0 atom stereocenters. The second-order valence-electron chi connectivity index (χ2n) is 27.0. The van der Waals surface area contributed by atoms with Crippen LogP contribution in [-0.4, -0.2) is 14.1 Å². The number of nitrogens with zero attached hydrogens (tertiary/aromatic N) is 6. The zero-order valence-electron chi connectivity index (χ0n) is 58.9. The van der Waals surface area contributed by atoms with E-state index in [9.17, 15) is 0 Å². The highest BCUT2D eigenvalue weighted by Crippen LogP contribution is 2.53. The standard InChI is InChI=1S/C58H41N3.C42H33N3/c1-7-19-44(20-8-1)59(45-21-9-2-10-22-45)50-35-31-42(32-36-50)54-41-56(61(48-27-15-5-16-28-48)49-29-17-6-18-30-49)53-37-33-43-34-40-55(52-39-38-51(54)58(53)57(43)52)60(46-23-11-3-12-24-46)47-25-13-4-14-26-47;1-43(2)39-29-40(45(33-19-11-5-12-20-33)34-21-13-6-14-22-34)37-25-23-30-24-28-38(35-26-27-36(39)42(37)41(30)35)44(31-15-7-3-8-16-31)32-17-9-4-10-18-32/h1-41H;3-29H,1-2H3. The first-order chi connectivity index (χ1) is 52.5. The van der Waals surface area contributed by atoms with Crippen molar-refractivity contribution in [1.29, 1.82) is 0 Å². The fourth-order valence-electron chi connectivity index (χ4n) is 15.8. The molecule has 0 radical (unpaired) electrons. The Hall–Kier alpha value is -13.9. The lowest BCUT2D eigenvalue weighted by molar-refractivity contribution is 1.14. The van der Waals surface area contributed by atoms with Crippen LogP contribution in [0.25, 0.3) is 75.8 Å². The molecule has 19 rings (SSSR count). The maximum absolute atomic E-state index is 2.41. The molecule has 0 aromatic heterocycles. The smallest absolute Gasteiger partial charge is 0.0561 e. The van der Waals surface area contributed by atoms with Crippen molar-refractivity contribution in [1.82, 2.24) is 0 Å². The van der Waals surface area contributed by atoms with Gasteiger partial charge in [0.05, 0.1) is 22.7 Å². The van der Waals surface area contributed by atoms with Crippen LogP contribution in [0.4, 0.5) is 91.0 Å². The molecule has 0 aliphatic carbocycles. The molecule has 0 saturated heterocycles. The average Bonchev–Trinajstić information content (AvgIpc) is 0.712. The number of hydrogen-bond donors (Lipinski definition) is 0. The molecule has 0 N–H and O–H groups in total. The molecule has 0 saturated carbocycles. The number of benzene rings is 19. The maximum atomic E-state index is 2.41. The van der Waals surface area contributed by atoms with E-state index in [1.165, 1.54) is 75.9 Å². The summed E-state index contributed by atoms with van der Waals surface area (Å²) in [6.07, 6.45) is 0. The summed E-state index contributed by atoms with van der Waals surface area (Å²) in [6.45, 7) is 0. The Labute approximate surface area is 618 Å². The summed E-state index contributed by atoms with van der Waals surface area (Å²) in [5.41, 5.74) is 20.4. The van der Waals surface area contributed by atoms with Crippen LogP contribution in [0, 0.1) is 0 Å². The largest absolute Gasteiger partial charge is 0.377 e. The minimum Gasteiger partial charge on any atom is -0.377 e. The van der Waals surface area contributed by atoms with Crippen LogP contribution in [0.2, 0.25) is 0 Å². The third kappa shape index (κ3) is 11.8. The van der Waals surface area contributed by atoms with Crippen LogP contribution >= 0.6 is 0 Å². The molecule has 106 heavy (non-hydrogen) atoms. The summed E-state index contributed by atoms with van der Waals surface area (Å²) < 4.78 is 0. The van der Waals surface area contributed by atoms with E-state index in [1.54, 1.807) is 0 Å². The molecule has 19 aromatic carbocycles. The van der Waals surface area contributed by atoms with Gasteiger partial charge in [-0.25, -0.2) is 0 Å². The van der Waals surface area contributed by atoms with Crippen LogP contribution < -0.4 is 29.4 Å². The van der Waals surface area contributed by atoms with Crippen molar-refractivity contribution >= 4 is 156 Å². The summed E-state index contributed by atoms with van der Waals surface area (Å²) in [5, 5.41) is 14.8. The van der Waals surface area contributed by atoms with Gasteiger partial charge in [0.2, 0.25) is 0 Å². The van der Waals surface area contributed by atoms with E-state index in [2.05, 4.69) is 456 Å². The molecule has 0 amide bonds. The second kappa shape index (κ2) is 28.1. The summed E-state index contributed by atoms with van der Waals surface area (Å²) >= 11 is 0. The molecule has 6 heteroatoms. The van der Waals surface area contributed by atoms with Crippen LogP contribution in [0.5, 0.6) is 0 Å². The molecule has 19 aromatic rings. The Bertz CT molecular complexity index is 6000. The Balaban J connectivity index is 0.000000157. The first kappa shape index (κ1) is 64.2. The Kier molecular flexibility index (Phi) is 17.0.